The average molecular weight is 445 g/mol. The molecule has 30 heavy (non-hydrogen) atoms. The summed E-state index contributed by atoms with van der Waals surface area (Å²) in [6.07, 6.45) is 1.14. The SMILES string of the molecule is CCOC(=O)c1sc(NC(=O)c2cccc(CS(C)(=O)=O)c2)nc1-c1ccccc1. The van der Waals surface area contributed by atoms with Crippen molar-refractivity contribution in [1.82, 2.24) is 4.98 Å². The van der Waals surface area contributed by atoms with Crippen molar-refractivity contribution in [2.24, 2.45) is 0 Å². The number of benzene rings is 2. The van der Waals surface area contributed by atoms with E-state index in [0.717, 1.165) is 23.2 Å². The van der Waals surface area contributed by atoms with E-state index in [4.69, 9.17) is 4.74 Å². The number of carbonyl (C=O) groups is 2. The quantitative estimate of drug-likeness (QED) is 0.556. The van der Waals surface area contributed by atoms with Gasteiger partial charge in [0.1, 0.15) is 4.88 Å². The number of thiazole rings is 1. The van der Waals surface area contributed by atoms with Gasteiger partial charge < -0.3 is 4.74 Å². The molecule has 0 spiro atoms. The molecule has 9 heteroatoms. The Balaban J connectivity index is 1.89. The number of rotatable bonds is 7. The highest BCUT2D eigenvalue weighted by atomic mass is 32.2. The lowest BCUT2D eigenvalue weighted by Gasteiger charge is -2.04. The molecule has 0 aliphatic carbocycles. The van der Waals surface area contributed by atoms with Gasteiger partial charge >= 0.3 is 5.97 Å². The van der Waals surface area contributed by atoms with Crippen molar-refractivity contribution < 1.29 is 22.7 Å². The molecule has 0 bridgehead atoms. The van der Waals surface area contributed by atoms with Gasteiger partial charge in [0.05, 0.1) is 18.1 Å². The van der Waals surface area contributed by atoms with E-state index in [9.17, 15) is 18.0 Å². The number of sulfone groups is 1. The number of aromatic nitrogens is 1. The Bertz CT molecular complexity index is 1170. The predicted octanol–water partition coefficient (Wildman–Crippen LogP) is 3.78. The molecule has 0 aliphatic heterocycles. The summed E-state index contributed by atoms with van der Waals surface area (Å²) in [7, 11) is -3.22. The first-order valence-corrected chi connectivity index (χ1v) is 12.0. The van der Waals surface area contributed by atoms with Crippen LogP contribution in [0.15, 0.2) is 54.6 Å². The number of nitrogens with zero attached hydrogens (tertiary/aromatic N) is 1. The number of esters is 1. The van der Waals surface area contributed by atoms with E-state index in [-0.39, 0.29) is 17.5 Å². The molecule has 0 unspecified atom stereocenters. The van der Waals surface area contributed by atoms with Crippen LogP contribution in [-0.4, -0.2) is 38.1 Å². The highest BCUT2D eigenvalue weighted by molar-refractivity contribution is 7.89. The zero-order valence-electron chi connectivity index (χ0n) is 16.4. The molecule has 1 amide bonds. The summed E-state index contributed by atoms with van der Waals surface area (Å²) in [6.45, 7) is 1.94. The Labute approximate surface area is 178 Å². The number of carbonyl (C=O) groups excluding carboxylic acids is 2. The second-order valence-electron chi connectivity index (χ2n) is 6.51. The standard InChI is InChI=1S/C21H20N2O5S2/c1-3-28-20(25)18-17(15-9-5-4-6-10-15)22-21(29-18)23-19(24)16-11-7-8-14(12-16)13-30(2,26)27/h4-12H,3,13H2,1-2H3,(H,22,23,24). The maximum absolute atomic E-state index is 12.7. The third-order valence-electron chi connectivity index (χ3n) is 3.97. The number of ether oxygens (including phenoxy) is 1. The zero-order chi connectivity index (χ0) is 21.7. The summed E-state index contributed by atoms with van der Waals surface area (Å²) in [5.74, 6) is -1.12. The van der Waals surface area contributed by atoms with Crippen molar-refractivity contribution >= 4 is 38.2 Å². The summed E-state index contributed by atoms with van der Waals surface area (Å²) in [5, 5.41) is 2.93. The molecule has 1 aromatic heterocycles. The van der Waals surface area contributed by atoms with Gasteiger partial charge in [-0.2, -0.15) is 0 Å². The van der Waals surface area contributed by atoms with Gasteiger partial charge in [-0.05, 0) is 24.6 Å². The minimum absolute atomic E-state index is 0.156. The number of hydrogen-bond donors (Lipinski definition) is 1. The molecular formula is C21H20N2O5S2. The third kappa shape index (κ3) is 5.52. The van der Waals surface area contributed by atoms with Crippen molar-refractivity contribution in [3.63, 3.8) is 0 Å². The van der Waals surface area contributed by atoms with Crippen molar-refractivity contribution in [3.05, 3.63) is 70.6 Å². The zero-order valence-corrected chi connectivity index (χ0v) is 18.0. The Morgan fingerprint density at radius 3 is 2.50 bits per heavy atom. The molecule has 1 N–H and O–H groups in total. The maximum atomic E-state index is 12.7. The lowest BCUT2D eigenvalue weighted by atomic mass is 10.1. The molecule has 0 saturated heterocycles. The fourth-order valence-electron chi connectivity index (χ4n) is 2.77. The molecule has 1 heterocycles. The van der Waals surface area contributed by atoms with E-state index in [0.29, 0.717) is 21.7 Å². The average Bonchev–Trinajstić information content (AvgIpc) is 3.12. The van der Waals surface area contributed by atoms with Crippen LogP contribution in [0.3, 0.4) is 0 Å². The Morgan fingerprint density at radius 1 is 1.10 bits per heavy atom. The second kappa shape index (κ2) is 9.19. The number of amides is 1. The number of hydrogen-bond acceptors (Lipinski definition) is 7. The summed E-state index contributed by atoms with van der Waals surface area (Å²) in [6, 6.07) is 15.5. The van der Waals surface area contributed by atoms with Crippen LogP contribution in [0.25, 0.3) is 11.3 Å². The van der Waals surface area contributed by atoms with E-state index in [1.165, 1.54) is 6.07 Å². The van der Waals surface area contributed by atoms with Gasteiger partial charge in [0.2, 0.25) is 0 Å². The minimum Gasteiger partial charge on any atom is -0.462 e. The van der Waals surface area contributed by atoms with E-state index >= 15 is 0 Å². The number of nitrogens with one attached hydrogen (secondary N) is 1. The summed E-state index contributed by atoms with van der Waals surface area (Å²) >= 11 is 1.03. The van der Waals surface area contributed by atoms with Crippen LogP contribution in [0.2, 0.25) is 0 Å². The monoisotopic (exact) mass is 444 g/mol. The molecular weight excluding hydrogens is 424 g/mol. The van der Waals surface area contributed by atoms with Crippen LogP contribution < -0.4 is 5.32 Å². The molecule has 0 atom stereocenters. The Hall–Kier alpha value is -3.04. The van der Waals surface area contributed by atoms with Crippen LogP contribution in [0, 0.1) is 0 Å². The molecule has 0 radical (unpaired) electrons. The van der Waals surface area contributed by atoms with Crippen LogP contribution in [-0.2, 0) is 20.3 Å². The highest BCUT2D eigenvalue weighted by Gasteiger charge is 2.22. The molecule has 3 rings (SSSR count). The summed E-state index contributed by atoms with van der Waals surface area (Å²) in [4.78, 5) is 29.8. The summed E-state index contributed by atoms with van der Waals surface area (Å²) < 4.78 is 28.1. The molecule has 0 aliphatic rings. The van der Waals surface area contributed by atoms with E-state index in [1.54, 1.807) is 25.1 Å². The van der Waals surface area contributed by atoms with Crippen LogP contribution in [0.1, 0.15) is 32.5 Å². The Kier molecular flexibility index (Phi) is 6.63. The second-order valence-corrected chi connectivity index (χ2v) is 9.65. The third-order valence-corrected chi connectivity index (χ3v) is 5.78. The van der Waals surface area contributed by atoms with Crippen molar-refractivity contribution in [1.29, 1.82) is 0 Å². The predicted molar refractivity (Wildman–Crippen MR) is 116 cm³/mol. The van der Waals surface area contributed by atoms with Gasteiger partial charge in [-0.3, -0.25) is 10.1 Å². The lowest BCUT2D eigenvalue weighted by molar-refractivity contribution is 0.0532. The maximum Gasteiger partial charge on any atom is 0.350 e. The smallest absolute Gasteiger partial charge is 0.350 e. The van der Waals surface area contributed by atoms with Gasteiger partial charge in [0, 0.05) is 17.4 Å². The van der Waals surface area contributed by atoms with Gasteiger partial charge in [0.15, 0.2) is 15.0 Å². The first kappa shape index (κ1) is 21.7. The topological polar surface area (TPSA) is 102 Å². The first-order valence-electron chi connectivity index (χ1n) is 9.08. The number of anilines is 1. The first-order chi connectivity index (χ1) is 14.3. The molecule has 2 aromatic carbocycles. The highest BCUT2D eigenvalue weighted by Crippen LogP contribution is 2.32. The van der Waals surface area contributed by atoms with E-state index in [1.807, 2.05) is 30.3 Å². The van der Waals surface area contributed by atoms with Crippen LogP contribution in [0.4, 0.5) is 5.13 Å². The van der Waals surface area contributed by atoms with Gasteiger partial charge in [-0.15, -0.1) is 0 Å². The van der Waals surface area contributed by atoms with Gasteiger partial charge in [0.25, 0.3) is 5.91 Å². The molecule has 156 valence electrons. The van der Waals surface area contributed by atoms with E-state index in [2.05, 4.69) is 10.3 Å². The normalized spacial score (nSPS) is 11.1. The molecule has 0 fully saturated rings. The lowest BCUT2D eigenvalue weighted by Crippen LogP contribution is -2.12. The molecule has 7 nitrogen and oxygen atoms in total. The fraction of sp³-hybridized carbons (Fsp3) is 0.190. The van der Waals surface area contributed by atoms with Crippen molar-refractivity contribution in [2.75, 3.05) is 18.2 Å². The molecule has 3 aromatic rings. The molecule has 0 saturated carbocycles. The van der Waals surface area contributed by atoms with Crippen LogP contribution in [0.5, 0.6) is 0 Å². The van der Waals surface area contributed by atoms with Crippen molar-refractivity contribution in [2.45, 2.75) is 12.7 Å². The van der Waals surface area contributed by atoms with Crippen LogP contribution >= 0.6 is 11.3 Å². The van der Waals surface area contributed by atoms with E-state index < -0.39 is 21.7 Å². The Morgan fingerprint density at radius 2 is 1.83 bits per heavy atom. The van der Waals surface area contributed by atoms with Gasteiger partial charge in [-0.25, -0.2) is 18.2 Å². The summed E-state index contributed by atoms with van der Waals surface area (Å²) in [5.41, 5.74) is 1.97. The van der Waals surface area contributed by atoms with Gasteiger partial charge in [-0.1, -0.05) is 53.8 Å². The fourth-order valence-corrected chi connectivity index (χ4v) is 4.44. The van der Waals surface area contributed by atoms with Crippen molar-refractivity contribution in [3.8, 4) is 11.3 Å². The minimum atomic E-state index is -3.22. The largest absolute Gasteiger partial charge is 0.462 e.